The van der Waals surface area contributed by atoms with Gasteiger partial charge in [0.05, 0.1) is 33.7 Å². The minimum absolute atomic E-state index is 0.560. The van der Waals surface area contributed by atoms with Crippen LogP contribution >= 0.6 is 0 Å². The molecular formula is C9H23N2O+. The molecule has 12 heavy (non-hydrogen) atoms. The molecule has 0 aliphatic carbocycles. The Morgan fingerprint density at radius 2 is 1.92 bits per heavy atom. The van der Waals surface area contributed by atoms with Gasteiger partial charge in [0.1, 0.15) is 0 Å². The Labute approximate surface area is 76.3 Å². The second-order valence-electron chi connectivity index (χ2n) is 4.24. The van der Waals surface area contributed by atoms with Gasteiger partial charge in [-0.2, -0.15) is 0 Å². The van der Waals surface area contributed by atoms with Crippen LogP contribution in [0.5, 0.6) is 0 Å². The average Bonchev–Trinajstić information content (AvgIpc) is 1.95. The minimum atomic E-state index is 0.560. The van der Waals surface area contributed by atoms with Gasteiger partial charge in [-0.25, -0.2) is 0 Å². The molecule has 0 bridgehead atoms. The quantitative estimate of drug-likeness (QED) is 0.587. The topological polar surface area (TPSA) is 21.3 Å². The first kappa shape index (κ1) is 11.9. The van der Waals surface area contributed by atoms with Gasteiger partial charge in [0, 0.05) is 13.7 Å². The van der Waals surface area contributed by atoms with E-state index in [2.05, 4.69) is 26.5 Å². The average molecular weight is 175 g/mol. The molecule has 3 heteroatoms. The number of likely N-dealkylation sites (N-methyl/N-ethyl adjacent to an activating group) is 2. The second kappa shape index (κ2) is 5.51. The monoisotopic (exact) mass is 175 g/mol. The first-order valence-electron chi connectivity index (χ1n) is 4.46. The molecular weight excluding hydrogens is 152 g/mol. The van der Waals surface area contributed by atoms with Crippen LogP contribution in [0.1, 0.15) is 6.42 Å². The zero-order valence-electron chi connectivity index (χ0n) is 9.05. The molecule has 0 rings (SSSR count). The van der Waals surface area contributed by atoms with Crippen molar-refractivity contribution < 1.29 is 9.22 Å². The van der Waals surface area contributed by atoms with Gasteiger partial charge in [0.2, 0.25) is 0 Å². The van der Waals surface area contributed by atoms with E-state index in [4.69, 9.17) is 4.74 Å². The molecule has 0 heterocycles. The summed E-state index contributed by atoms with van der Waals surface area (Å²) in [5.41, 5.74) is 0. The summed E-state index contributed by atoms with van der Waals surface area (Å²) in [6.45, 7) is 1.98. The van der Waals surface area contributed by atoms with E-state index in [1.165, 1.54) is 0 Å². The van der Waals surface area contributed by atoms with E-state index in [9.17, 15) is 0 Å². The largest absolute Gasteiger partial charge is 0.385 e. The van der Waals surface area contributed by atoms with Gasteiger partial charge in [-0.05, 0) is 13.5 Å². The number of rotatable bonds is 6. The SMILES string of the molecule is CNC(CCOC)C[N+](C)(C)C. The van der Waals surface area contributed by atoms with E-state index in [0.717, 1.165) is 24.1 Å². The number of quaternary nitrogens is 1. The Hall–Kier alpha value is -0.120. The molecule has 0 amide bonds. The lowest BCUT2D eigenvalue weighted by Crippen LogP contribution is -2.46. The van der Waals surface area contributed by atoms with E-state index in [-0.39, 0.29) is 0 Å². The van der Waals surface area contributed by atoms with Crippen molar-refractivity contribution in [3.8, 4) is 0 Å². The number of ether oxygens (including phenoxy) is 1. The van der Waals surface area contributed by atoms with Crippen molar-refractivity contribution in [2.24, 2.45) is 0 Å². The fourth-order valence-corrected chi connectivity index (χ4v) is 1.25. The van der Waals surface area contributed by atoms with Crippen LogP contribution in [0.15, 0.2) is 0 Å². The van der Waals surface area contributed by atoms with Gasteiger partial charge >= 0.3 is 0 Å². The lowest BCUT2D eigenvalue weighted by Gasteiger charge is -2.28. The van der Waals surface area contributed by atoms with Crippen LogP contribution in [0.25, 0.3) is 0 Å². The molecule has 0 aromatic heterocycles. The van der Waals surface area contributed by atoms with Gasteiger partial charge in [-0.1, -0.05) is 0 Å². The normalized spacial score (nSPS) is 14.8. The number of hydrogen-bond acceptors (Lipinski definition) is 2. The van der Waals surface area contributed by atoms with Crippen LogP contribution in [-0.4, -0.2) is 59.0 Å². The van der Waals surface area contributed by atoms with E-state index < -0.39 is 0 Å². The van der Waals surface area contributed by atoms with Crippen molar-refractivity contribution in [1.82, 2.24) is 5.32 Å². The molecule has 0 spiro atoms. The van der Waals surface area contributed by atoms with Crippen LogP contribution in [0.2, 0.25) is 0 Å². The summed E-state index contributed by atoms with van der Waals surface area (Å²) in [4.78, 5) is 0. The maximum Gasteiger partial charge on any atom is 0.0937 e. The van der Waals surface area contributed by atoms with Gasteiger partial charge in [0.25, 0.3) is 0 Å². The third-order valence-corrected chi connectivity index (χ3v) is 1.85. The number of nitrogens with zero attached hydrogens (tertiary/aromatic N) is 1. The molecule has 1 atom stereocenters. The molecule has 0 aromatic carbocycles. The molecule has 0 radical (unpaired) electrons. The highest BCUT2D eigenvalue weighted by Gasteiger charge is 2.15. The molecule has 3 nitrogen and oxygen atoms in total. The molecule has 0 aliphatic heterocycles. The fourth-order valence-electron chi connectivity index (χ4n) is 1.25. The first-order chi connectivity index (χ1) is 5.49. The molecule has 0 fully saturated rings. The van der Waals surface area contributed by atoms with E-state index in [1.807, 2.05) is 7.05 Å². The Bertz CT molecular complexity index is 110. The first-order valence-corrected chi connectivity index (χ1v) is 4.46. The smallest absolute Gasteiger partial charge is 0.0937 e. The second-order valence-corrected chi connectivity index (χ2v) is 4.24. The predicted octanol–water partition coefficient (Wildman–Crippen LogP) is 0.317. The van der Waals surface area contributed by atoms with E-state index in [0.29, 0.717) is 6.04 Å². The van der Waals surface area contributed by atoms with Crippen LogP contribution < -0.4 is 5.32 Å². The van der Waals surface area contributed by atoms with Crippen molar-refractivity contribution >= 4 is 0 Å². The molecule has 0 aromatic rings. The molecule has 1 N–H and O–H groups in total. The van der Waals surface area contributed by atoms with Crippen molar-refractivity contribution in [2.75, 3.05) is 48.5 Å². The summed E-state index contributed by atoms with van der Waals surface area (Å²) in [5, 5.41) is 3.30. The fraction of sp³-hybridized carbons (Fsp3) is 1.00. The van der Waals surface area contributed by atoms with Gasteiger partial charge < -0.3 is 14.5 Å². The Kier molecular flexibility index (Phi) is 5.46. The third kappa shape index (κ3) is 6.58. The lowest BCUT2D eigenvalue weighted by molar-refractivity contribution is -0.871. The van der Waals surface area contributed by atoms with E-state index in [1.54, 1.807) is 7.11 Å². The van der Waals surface area contributed by atoms with Crippen molar-refractivity contribution in [3.05, 3.63) is 0 Å². The summed E-state index contributed by atoms with van der Waals surface area (Å²) in [5.74, 6) is 0. The van der Waals surface area contributed by atoms with Crippen molar-refractivity contribution in [2.45, 2.75) is 12.5 Å². The molecule has 74 valence electrons. The number of hydrogen-bond donors (Lipinski definition) is 1. The van der Waals surface area contributed by atoms with Gasteiger partial charge in [-0.15, -0.1) is 0 Å². The molecule has 1 unspecified atom stereocenters. The number of nitrogens with one attached hydrogen (secondary N) is 1. The summed E-state index contributed by atoms with van der Waals surface area (Å²) < 4.78 is 6.04. The standard InChI is InChI=1S/C9H23N2O/c1-10-9(6-7-12-5)8-11(2,3)4/h9-10H,6-8H2,1-5H3/q+1. The Balaban J connectivity index is 3.67. The maximum atomic E-state index is 5.04. The van der Waals surface area contributed by atoms with Crippen LogP contribution in [-0.2, 0) is 4.74 Å². The Morgan fingerprint density at radius 3 is 2.25 bits per heavy atom. The summed E-state index contributed by atoms with van der Waals surface area (Å²) in [7, 11) is 10.4. The molecule has 0 aliphatic rings. The van der Waals surface area contributed by atoms with Crippen LogP contribution in [0.4, 0.5) is 0 Å². The van der Waals surface area contributed by atoms with Crippen molar-refractivity contribution in [3.63, 3.8) is 0 Å². The van der Waals surface area contributed by atoms with Gasteiger partial charge in [0.15, 0.2) is 0 Å². The molecule has 0 saturated heterocycles. The number of methoxy groups -OCH3 is 1. The molecule has 0 saturated carbocycles. The lowest BCUT2D eigenvalue weighted by atomic mass is 10.2. The van der Waals surface area contributed by atoms with Crippen LogP contribution in [0.3, 0.4) is 0 Å². The Morgan fingerprint density at radius 1 is 1.33 bits per heavy atom. The summed E-state index contributed by atoms with van der Waals surface area (Å²) in [6, 6.07) is 0.560. The maximum absolute atomic E-state index is 5.04. The van der Waals surface area contributed by atoms with Crippen molar-refractivity contribution in [1.29, 1.82) is 0 Å². The zero-order chi connectivity index (χ0) is 9.61. The summed E-state index contributed by atoms with van der Waals surface area (Å²) in [6.07, 6.45) is 1.09. The predicted molar refractivity (Wildman–Crippen MR) is 52.2 cm³/mol. The highest BCUT2D eigenvalue weighted by molar-refractivity contribution is 4.62. The third-order valence-electron chi connectivity index (χ3n) is 1.85. The van der Waals surface area contributed by atoms with Gasteiger partial charge in [-0.3, -0.25) is 0 Å². The summed E-state index contributed by atoms with van der Waals surface area (Å²) >= 11 is 0. The highest BCUT2D eigenvalue weighted by atomic mass is 16.5. The van der Waals surface area contributed by atoms with Crippen LogP contribution in [0, 0.1) is 0 Å². The highest BCUT2D eigenvalue weighted by Crippen LogP contribution is 1.98. The zero-order valence-corrected chi connectivity index (χ0v) is 9.05. The van der Waals surface area contributed by atoms with E-state index >= 15 is 0 Å². The minimum Gasteiger partial charge on any atom is -0.385 e.